The fourth-order valence-corrected chi connectivity index (χ4v) is 1.97. The van der Waals surface area contributed by atoms with Crippen molar-refractivity contribution in [2.45, 2.75) is 18.8 Å². The quantitative estimate of drug-likeness (QED) is 0.917. The van der Waals surface area contributed by atoms with Crippen molar-refractivity contribution in [3.05, 3.63) is 35.4 Å². The van der Waals surface area contributed by atoms with E-state index in [1.54, 1.807) is 0 Å². The zero-order valence-corrected chi connectivity index (χ0v) is 9.98. The first-order chi connectivity index (χ1) is 8.91. The van der Waals surface area contributed by atoms with Gasteiger partial charge in [-0.25, -0.2) is 4.79 Å². The lowest BCUT2D eigenvalue weighted by atomic mass is 10.1. The highest BCUT2D eigenvalue weighted by molar-refractivity contribution is 5.70. The van der Waals surface area contributed by atoms with Gasteiger partial charge in [-0.15, -0.1) is 0 Å². The molecular weight excluding hydrogens is 261 g/mol. The Morgan fingerprint density at radius 3 is 2.63 bits per heavy atom. The summed E-state index contributed by atoms with van der Waals surface area (Å²) in [4.78, 5) is 12.7. The summed E-state index contributed by atoms with van der Waals surface area (Å²) in [6.07, 6.45) is -5.52. The number of halogens is 3. The molecule has 0 radical (unpaired) electrons. The lowest BCUT2D eigenvalue weighted by Gasteiger charge is -2.17. The van der Waals surface area contributed by atoms with Crippen LogP contribution in [0.25, 0.3) is 0 Å². The molecule has 1 saturated heterocycles. The lowest BCUT2D eigenvalue weighted by Crippen LogP contribution is -2.28. The van der Waals surface area contributed by atoms with Gasteiger partial charge < -0.3 is 15.4 Å². The summed E-state index contributed by atoms with van der Waals surface area (Å²) >= 11 is 0. The number of amides is 1. The normalized spacial score (nSPS) is 19.7. The van der Waals surface area contributed by atoms with E-state index in [0.29, 0.717) is 0 Å². The number of nitrogens with zero attached hydrogens (tertiary/aromatic N) is 1. The standard InChI is InChI=1S/C12H13F3N2O2/c13-12(14,15)10-4-2-1-3-8(10)6-17-7-9(5-16)19-11(17)18/h1-4,9H,5-7,16H2/t9-/m0/s1. The van der Waals surface area contributed by atoms with E-state index >= 15 is 0 Å². The molecule has 1 amide bonds. The number of hydrogen-bond donors (Lipinski definition) is 1. The predicted octanol–water partition coefficient (Wildman–Crippen LogP) is 1.98. The fourth-order valence-electron chi connectivity index (χ4n) is 1.97. The van der Waals surface area contributed by atoms with Gasteiger partial charge >= 0.3 is 12.3 Å². The second-order valence-electron chi connectivity index (χ2n) is 4.28. The Hall–Kier alpha value is -1.76. The largest absolute Gasteiger partial charge is 0.443 e. The molecule has 19 heavy (non-hydrogen) atoms. The second kappa shape index (κ2) is 5.08. The van der Waals surface area contributed by atoms with Gasteiger partial charge in [0.2, 0.25) is 0 Å². The van der Waals surface area contributed by atoms with E-state index in [9.17, 15) is 18.0 Å². The van der Waals surface area contributed by atoms with Gasteiger partial charge in [-0.3, -0.25) is 0 Å². The molecule has 2 rings (SSSR count). The maximum Gasteiger partial charge on any atom is 0.416 e. The molecule has 1 aromatic rings. The Kier molecular flexibility index (Phi) is 3.66. The van der Waals surface area contributed by atoms with Crippen molar-refractivity contribution in [3.63, 3.8) is 0 Å². The molecule has 1 fully saturated rings. The number of alkyl halides is 3. The molecular formula is C12H13F3N2O2. The van der Waals surface area contributed by atoms with Gasteiger partial charge in [0.1, 0.15) is 6.10 Å². The summed E-state index contributed by atoms with van der Waals surface area (Å²) in [7, 11) is 0. The molecule has 2 N–H and O–H groups in total. The number of nitrogens with two attached hydrogens (primary N) is 1. The molecule has 1 aliphatic heterocycles. The molecule has 1 aromatic carbocycles. The maximum atomic E-state index is 12.8. The van der Waals surface area contributed by atoms with Crippen molar-refractivity contribution in [1.29, 1.82) is 0 Å². The molecule has 1 aliphatic rings. The minimum Gasteiger partial charge on any atom is -0.443 e. The molecule has 0 bridgehead atoms. The van der Waals surface area contributed by atoms with Crippen molar-refractivity contribution in [1.82, 2.24) is 4.90 Å². The van der Waals surface area contributed by atoms with E-state index in [2.05, 4.69) is 0 Å². The lowest BCUT2D eigenvalue weighted by molar-refractivity contribution is -0.138. The van der Waals surface area contributed by atoms with Crippen molar-refractivity contribution in [2.75, 3.05) is 13.1 Å². The Morgan fingerprint density at radius 2 is 2.05 bits per heavy atom. The van der Waals surface area contributed by atoms with Gasteiger partial charge in [0.05, 0.1) is 12.1 Å². The van der Waals surface area contributed by atoms with Crippen LogP contribution in [-0.2, 0) is 17.5 Å². The third-order valence-corrected chi connectivity index (χ3v) is 2.90. The fraction of sp³-hybridized carbons (Fsp3) is 0.417. The molecule has 0 aliphatic carbocycles. The van der Waals surface area contributed by atoms with Crippen LogP contribution >= 0.6 is 0 Å². The minimum absolute atomic E-state index is 0.0459. The number of carbonyl (C=O) groups excluding carboxylic acids is 1. The molecule has 1 heterocycles. The molecule has 4 nitrogen and oxygen atoms in total. The Labute approximate surface area is 107 Å². The zero-order valence-electron chi connectivity index (χ0n) is 9.98. The van der Waals surface area contributed by atoms with E-state index < -0.39 is 23.9 Å². The monoisotopic (exact) mass is 274 g/mol. The summed E-state index contributed by atoms with van der Waals surface area (Å²) in [6, 6.07) is 5.17. The number of ether oxygens (including phenoxy) is 1. The van der Waals surface area contributed by atoms with Crippen molar-refractivity contribution in [3.8, 4) is 0 Å². The summed E-state index contributed by atoms with van der Waals surface area (Å²) in [5, 5.41) is 0. The van der Waals surface area contributed by atoms with Gasteiger partial charge in [-0.05, 0) is 11.6 Å². The summed E-state index contributed by atoms with van der Waals surface area (Å²) in [6.45, 7) is 0.232. The van der Waals surface area contributed by atoms with E-state index in [1.807, 2.05) is 0 Å². The predicted molar refractivity (Wildman–Crippen MR) is 61.2 cm³/mol. The van der Waals surface area contributed by atoms with Crippen LogP contribution in [0.3, 0.4) is 0 Å². The van der Waals surface area contributed by atoms with Crippen LogP contribution in [-0.4, -0.2) is 30.2 Å². The zero-order chi connectivity index (χ0) is 14.0. The first-order valence-corrected chi connectivity index (χ1v) is 5.72. The topological polar surface area (TPSA) is 55.6 Å². The molecule has 104 valence electrons. The maximum absolute atomic E-state index is 12.8. The summed E-state index contributed by atoms with van der Waals surface area (Å²) in [5.41, 5.74) is 4.68. The number of carbonyl (C=O) groups is 1. The number of cyclic esters (lactones) is 1. The summed E-state index contributed by atoms with van der Waals surface area (Å²) in [5.74, 6) is 0. The molecule has 0 saturated carbocycles. The van der Waals surface area contributed by atoms with E-state index in [0.717, 1.165) is 6.07 Å². The highest BCUT2D eigenvalue weighted by Gasteiger charge is 2.35. The van der Waals surface area contributed by atoms with Crippen LogP contribution in [0.15, 0.2) is 24.3 Å². The van der Waals surface area contributed by atoms with Crippen LogP contribution in [0.4, 0.5) is 18.0 Å². The molecule has 7 heteroatoms. The number of hydrogen-bond acceptors (Lipinski definition) is 3. The van der Waals surface area contributed by atoms with Crippen LogP contribution in [0.1, 0.15) is 11.1 Å². The highest BCUT2D eigenvalue weighted by atomic mass is 19.4. The molecule has 1 atom stereocenters. The minimum atomic E-state index is -4.44. The van der Waals surface area contributed by atoms with Gasteiger partial charge in [0.15, 0.2) is 0 Å². The van der Waals surface area contributed by atoms with Crippen LogP contribution in [0, 0.1) is 0 Å². The Bertz CT molecular complexity index is 476. The van der Waals surface area contributed by atoms with Crippen LogP contribution in [0.5, 0.6) is 0 Å². The van der Waals surface area contributed by atoms with Gasteiger partial charge in [0, 0.05) is 13.1 Å². The Morgan fingerprint density at radius 1 is 1.37 bits per heavy atom. The van der Waals surface area contributed by atoms with Crippen LogP contribution in [0.2, 0.25) is 0 Å². The van der Waals surface area contributed by atoms with Gasteiger partial charge in [0.25, 0.3) is 0 Å². The average molecular weight is 274 g/mol. The third-order valence-electron chi connectivity index (χ3n) is 2.90. The van der Waals surface area contributed by atoms with E-state index in [-0.39, 0.29) is 25.2 Å². The van der Waals surface area contributed by atoms with Gasteiger partial charge in [-0.2, -0.15) is 13.2 Å². The van der Waals surface area contributed by atoms with Crippen molar-refractivity contribution in [2.24, 2.45) is 5.73 Å². The van der Waals surface area contributed by atoms with Crippen LogP contribution < -0.4 is 5.73 Å². The summed E-state index contributed by atoms with van der Waals surface area (Å²) < 4.78 is 43.3. The highest BCUT2D eigenvalue weighted by Crippen LogP contribution is 2.32. The van der Waals surface area contributed by atoms with Crippen molar-refractivity contribution < 1.29 is 22.7 Å². The third kappa shape index (κ3) is 2.98. The van der Waals surface area contributed by atoms with E-state index in [4.69, 9.17) is 10.5 Å². The second-order valence-corrected chi connectivity index (χ2v) is 4.28. The smallest absolute Gasteiger partial charge is 0.416 e. The molecule has 0 unspecified atom stereocenters. The Balaban J connectivity index is 2.18. The SMILES string of the molecule is NC[C@H]1CN(Cc2ccccc2C(F)(F)F)C(=O)O1. The van der Waals surface area contributed by atoms with Crippen molar-refractivity contribution >= 4 is 6.09 Å². The van der Waals surface area contributed by atoms with E-state index in [1.165, 1.54) is 23.1 Å². The van der Waals surface area contributed by atoms with Gasteiger partial charge in [-0.1, -0.05) is 18.2 Å². The first-order valence-electron chi connectivity index (χ1n) is 5.72. The number of benzene rings is 1. The molecule has 0 spiro atoms. The molecule has 0 aromatic heterocycles. The number of rotatable bonds is 3. The average Bonchev–Trinajstić information content (AvgIpc) is 2.70. The first kappa shape index (κ1) is 13.7.